The van der Waals surface area contributed by atoms with Crippen LogP contribution in [-0.4, -0.2) is 24.8 Å². The number of hydrogen-bond acceptors (Lipinski definition) is 3. The van der Waals surface area contributed by atoms with E-state index in [4.69, 9.17) is 32.7 Å². The fourth-order valence-corrected chi connectivity index (χ4v) is 4.33. The lowest BCUT2D eigenvalue weighted by molar-refractivity contribution is -0.154. The molecule has 0 N–H and O–H groups in total. The Morgan fingerprint density at radius 1 is 1.27 bits per heavy atom. The Balaban J connectivity index is 2.16. The molecule has 0 fully saturated rings. The normalized spacial score (nSPS) is 24.9. The van der Waals surface area contributed by atoms with Crippen molar-refractivity contribution in [1.82, 2.24) is 0 Å². The fourth-order valence-electron chi connectivity index (χ4n) is 3.69. The Labute approximate surface area is 191 Å². The minimum Gasteiger partial charge on any atom is -0.460 e. The summed E-state index contributed by atoms with van der Waals surface area (Å²) < 4.78 is 11.3. The van der Waals surface area contributed by atoms with E-state index in [9.17, 15) is 4.79 Å². The molecule has 0 aliphatic heterocycles. The van der Waals surface area contributed by atoms with Gasteiger partial charge in [0.15, 0.2) is 0 Å². The van der Waals surface area contributed by atoms with E-state index in [1.54, 1.807) is 7.11 Å². The van der Waals surface area contributed by atoms with Crippen LogP contribution < -0.4 is 0 Å². The van der Waals surface area contributed by atoms with Crippen LogP contribution >= 0.6 is 23.2 Å². The highest BCUT2D eigenvalue weighted by Crippen LogP contribution is 2.35. The Morgan fingerprint density at radius 3 is 2.67 bits per heavy atom. The molecule has 0 saturated carbocycles. The lowest BCUT2D eigenvalue weighted by Crippen LogP contribution is -2.24. The average molecular weight is 453 g/mol. The number of methoxy groups -OCH3 is 1. The van der Waals surface area contributed by atoms with Crippen LogP contribution in [0.3, 0.4) is 0 Å². The number of halogens is 2. The molecule has 0 radical (unpaired) electrons. The molecule has 5 heteroatoms. The largest absolute Gasteiger partial charge is 0.460 e. The summed E-state index contributed by atoms with van der Waals surface area (Å²) in [5.74, 6) is -0.189. The van der Waals surface area contributed by atoms with Crippen molar-refractivity contribution in [2.45, 2.75) is 83.8 Å². The van der Waals surface area contributed by atoms with Gasteiger partial charge in [-0.25, -0.2) is 0 Å². The fraction of sp³-hybridized carbons (Fsp3) is 0.560. The van der Waals surface area contributed by atoms with Gasteiger partial charge in [-0.15, -0.1) is 0 Å². The summed E-state index contributed by atoms with van der Waals surface area (Å²) in [5.41, 5.74) is 3.82. The Kier molecular flexibility index (Phi) is 9.46. The SMILES string of the molecule is C=C1CC=C(Cl)C(/C=C2/CCC/C=C(/CC(=O)OC(C)(C)C)CC(OC)C2)=C(Cl)C1. The summed E-state index contributed by atoms with van der Waals surface area (Å²) in [6.07, 6.45) is 12.3. The number of hydrogen-bond donors (Lipinski definition) is 0. The molecule has 1 atom stereocenters. The van der Waals surface area contributed by atoms with Gasteiger partial charge >= 0.3 is 5.97 Å². The van der Waals surface area contributed by atoms with Crippen molar-refractivity contribution in [1.29, 1.82) is 0 Å². The van der Waals surface area contributed by atoms with Gasteiger partial charge in [-0.3, -0.25) is 4.79 Å². The van der Waals surface area contributed by atoms with Gasteiger partial charge in [0, 0.05) is 29.2 Å². The molecular weight excluding hydrogens is 419 g/mol. The predicted molar refractivity (Wildman–Crippen MR) is 126 cm³/mol. The van der Waals surface area contributed by atoms with E-state index < -0.39 is 5.60 Å². The van der Waals surface area contributed by atoms with Gasteiger partial charge in [0.25, 0.3) is 0 Å². The summed E-state index contributed by atoms with van der Waals surface area (Å²) >= 11 is 13.1. The van der Waals surface area contributed by atoms with E-state index >= 15 is 0 Å². The first-order valence-electron chi connectivity index (χ1n) is 10.6. The van der Waals surface area contributed by atoms with Crippen LogP contribution in [0.1, 0.15) is 72.1 Å². The lowest BCUT2D eigenvalue weighted by Gasteiger charge is -2.21. The van der Waals surface area contributed by atoms with Crippen molar-refractivity contribution >= 4 is 29.2 Å². The smallest absolute Gasteiger partial charge is 0.310 e. The molecule has 0 aromatic rings. The van der Waals surface area contributed by atoms with Crippen LogP contribution in [0.2, 0.25) is 0 Å². The molecule has 30 heavy (non-hydrogen) atoms. The Hall–Kier alpha value is -1.29. The summed E-state index contributed by atoms with van der Waals surface area (Å²) in [7, 11) is 1.72. The van der Waals surface area contributed by atoms with Crippen molar-refractivity contribution < 1.29 is 14.3 Å². The zero-order valence-electron chi connectivity index (χ0n) is 18.7. The van der Waals surface area contributed by atoms with Crippen LogP contribution in [0, 0.1) is 0 Å². The molecule has 2 aliphatic carbocycles. The second-order valence-corrected chi connectivity index (χ2v) is 9.95. The number of rotatable bonds is 4. The molecule has 0 spiro atoms. The molecule has 3 nitrogen and oxygen atoms in total. The minimum absolute atomic E-state index is 0.00842. The first-order valence-corrected chi connectivity index (χ1v) is 11.4. The van der Waals surface area contributed by atoms with Crippen LogP contribution in [0.4, 0.5) is 0 Å². The molecule has 2 rings (SSSR count). The van der Waals surface area contributed by atoms with Crippen molar-refractivity contribution in [3.05, 3.63) is 57.2 Å². The maximum absolute atomic E-state index is 12.3. The molecular formula is C25H34Cl2O3. The third-order valence-corrected chi connectivity index (χ3v) is 5.81. The standard InChI is InChI=1S/C25H34Cl2O3/c1-17-10-11-22(26)21(23(27)12-17)15-18-8-6-7-9-19(14-20(13-18)29-5)16-24(28)30-25(2,3)4/h9,11,15,20H,1,6-8,10,12-14,16H2,2-5H3/b18-15-,19-9+. The molecule has 0 saturated heterocycles. The van der Waals surface area contributed by atoms with Gasteiger partial charge in [-0.2, -0.15) is 0 Å². The van der Waals surface area contributed by atoms with Gasteiger partial charge in [0.1, 0.15) is 5.60 Å². The van der Waals surface area contributed by atoms with Crippen LogP contribution in [-0.2, 0) is 14.3 Å². The van der Waals surface area contributed by atoms with E-state index in [2.05, 4.69) is 18.7 Å². The molecule has 166 valence electrons. The minimum atomic E-state index is -0.476. The second kappa shape index (κ2) is 11.4. The van der Waals surface area contributed by atoms with Crippen molar-refractivity contribution in [3.8, 4) is 0 Å². The van der Waals surface area contributed by atoms with E-state index in [1.165, 1.54) is 5.57 Å². The molecule has 0 aromatic heterocycles. The van der Waals surface area contributed by atoms with Crippen LogP contribution in [0.25, 0.3) is 0 Å². The van der Waals surface area contributed by atoms with E-state index in [0.29, 0.717) is 24.3 Å². The van der Waals surface area contributed by atoms with Crippen molar-refractivity contribution in [3.63, 3.8) is 0 Å². The zero-order valence-corrected chi connectivity index (χ0v) is 20.2. The molecule has 1 unspecified atom stereocenters. The number of carbonyl (C=O) groups is 1. The van der Waals surface area contributed by atoms with Gasteiger partial charge in [-0.05, 0) is 59.3 Å². The maximum atomic E-state index is 12.3. The topological polar surface area (TPSA) is 35.5 Å². The third-order valence-electron chi connectivity index (χ3n) is 5.11. The highest BCUT2D eigenvalue weighted by molar-refractivity contribution is 6.36. The van der Waals surface area contributed by atoms with Gasteiger partial charge in [0.05, 0.1) is 12.5 Å². The highest BCUT2D eigenvalue weighted by Gasteiger charge is 2.21. The molecule has 0 bridgehead atoms. The quantitative estimate of drug-likeness (QED) is 0.326. The first kappa shape index (κ1) is 25.0. The molecule has 0 aromatic carbocycles. The number of esters is 1. The van der Waals surface area contributed by atoms with E-state index in [0.717, 1.165) is 53.9 Å². The van der Waals surface area contributed by atoms with Crippen molar-refractivity contribution in [2.24, 2.45) is 0 Å². The number of ether oxygens (including phenoxy) is 2. The van der Waals surface area contributed by atoms with Gasteiger partial charge in [0.2, 0.25) is 0 Å². The number of carbonyl (C=O) groups excluding carboxylic acids is 1. The average Bonchev–Trinajstić information content (AvgIpc) is 2.70. The third kappa shape index (κ3) is 8.45. The van der Waals surface area contributed by atoms with Gasteiger partial charge in [-0.1, -0.05) is 64.7 Å². The maximum Gasteiger partial charge on any atom is 0.310 e. The van der Waals surface area contributed by atoms with Gasteiger partial charge < -0.3 is 9.47 Å². The first-order chi connectivity index (χ1) is 14.1. The summed E-state index contributed by atoms with van der Waals surface area (Å²) in [6, 6.07) is 0. The second-order valence-electron chi connectivity index (χ2n) is 9.09. The summed E-state index contributed by atoms with van der Waals surface area (Å²) in [6.45, 7) is 9.72. The summed E-state index contributed by atoms with van der Waals surface area (Å²) in [5, 5.41) is 1.42. The molecule has 0 amide bonds. The Morgan fingerprint density at radius 2 is 2.00 bits per heavy atom. The van der Waals surface area contributed by atoms with Crippen LogP contribution in [0.15, 0.2) is 57.2 Å². The monoisotopic (exact) mass is 452 g/mol. The van der Waals surface area contributed by atoms with E-state index in [1.807, 2.05) is 26.8 Å². The molecule has 0 heterocycles. The predicted octanol–water partition coefficient (Wildman–Crippen LogP) is 7.52. The number of allylic oxidation sites excluding steroid dienone is 7. The lowest BCUT2D eigenvalue weighted by atomic mass is 9.97. The highest BCUT2D eigenvalue weighted by atomic mass is 35.5. The van der Waals surface area contributed by atoms with Crippen molar-refractivity contribution in [2.75, 3.05) is 7.11 Å². The summed E-state index contributed by atoms with van der Waals surface area (Å²) in [4.78, 5) is 12.3. The molecule has 2 aliphatic rings. The van der Waals surface area contributed by atoms with Crippen LogP contribution in [0.5, 0.6) is 0 Å². The van der Waals surface area contributed by atoms with E-state index in [-0.39, 0.29) is 12.1 Å². The Bertz CT molecular complexity index is 779. The zero-order chi connectivity index (χ0) is 22.3.